The lowest BCUT2D eigenvalue weighted by molar-refractivity contribution is 0.863. The average molecular weight is 276 g/mol. The SMILES string of the molecule is C[C@H](Sc1ccccn1)c1nc(N)nc(N(C)C)n1. The third kappa shape index (κ3) is 3.54. The zero-order valence-electron chi connectivity index (χ0n) is 11.1. The highest BCUT2D eigenvalue weighted by Gasteiger charge is 2.14. The van der Waals surface area contributed by atoms with Gasteiger partial charge >= 0.3 is 0 Å². The Bertz CT molecular complexity index is 545. The van der Waals surface area contributed by atoms with Crippen molar-refractivity contribution in [2.45, 2.75) is 17.2 Å². The fourth-order valence-corrected chi connectivity index (χ4v) is 2.28. The van der Waals surface area contributed by atoms with Crippen molar-refractivity contribution < 1.29 is 0 Å². The summed E-state index contributed by atoms with van der Waals surface area (Å²) in [6.45, 7) is 2.02. The van der Waals surface area contributed by atoms with E-state index in [1.54, 1.807) is 22.9 Å². The highest BCUT2D eigenvalue weighted by molar-refractivity contribution is 7.99. The van der Waals surface area contributed by atoms with Crippen LogP contribution in [0.5, 0.6) is 0 Å². The minimum absolute atomic E-state index is 0.0545. The molecule has 0 aliphatic rings. The Balaban J connectivity index is 2.21. The van der Waals surface area contributed by atoms with Gasteiger partial charge in [0, 0.05) is 20.3 Å². The number of nitrogens with two attached hydrogens (primary N) is 1. The Hall–Kier alpha value is -1.89. The minimum Gasteiger partial charge on any atom is -0.368 e. The van der Waals surface area contributed by atoms with E-state index < -0.39 is 0 Å². The van der Waals surface area contributed by atoms with Crippen molar-refractivity contribution in [2.24, 2.45) is 0 Å². The number of rotatable bonds is 4. The van der Waals surface area contributed by atoms with Gasteiger partial charge in [-0.25, -0.2) is 4.98 Å². The molecule has 0 saturated heterocycles. The number of aromatic nitrogens is 4. The molecule has 0 bridgehead atoms. The van der Waals surface area contributed by atoms with E-state index in [9.17, 15) is 0 Å². The van der Waals surface area contributed by atoms with E-state index in [-0.39, 0.29) is 11.2 Å². The van der Waals surface area contributed by atoms with Crippen molar-refractivity contribution >= 4 is 23.7 Å². The molecule has 0 aromatic carbocycles. The molecule has 0 aliphatic carbocycles. The molecule has 0 aliphatic heterocycles. The van der Waals surface area contributed by atoms with Gasteiger partial charge in [-0.05, 0) is 19.1 Å². The Morgan fingerprint density at radius 1 is 1.21 bits per heavy atom. The van der Waals surface area contributed by atoms with Gasteiger partial charge in [-0.15, -0.1) is 0 Å². The van der Waals surface area contributed by atoms with Crippen LogP contribution in [0.15, 0.2) is 29.4 Å². The lowest BCUT2D eigenvalue weighted by atomic mass is 10.4. The molecule has 0 saturated carbocycles. The standard InChI is InChI=1S/C12H16N6S/c1-8(19-9-6-4-5-7-14-9)10-15-11(13)17-12(16-10)18(2)3/h4-8H,1-3H3,(H2,13,15,16,17)/t8-/m0/s1. The Morgan fingerprint density at radius 3 is 2.63 bits per heavy atom. The van der Waals surface area contributed by atoms with Crippen LogP contribution in [0.3, 0.4) is 0 Å². The van der Waals surface area contributed by atoms with Crippen LogP contribution in [0.2, 0.25) is 0 Å². The molecule has 0 amide bonds. The van der Waals surface area contributed by atoms with Crippen LogP contribution in [0.1, 0.15) is 18.0 Å². The molecule has 0 unspecified atom stereocenters. The molecule has 2 aromatic rings. The van der Waals surface area contributed by atoms with Crippen LogP contribution in [-0.2, 0) is 0 Å². The Morgan fingerprint density at radius 2 is 2.00 bits per heavy atom. The predicted octanol–water partition coefficient (Wildman–Crippen LogP) is 1.77. The first-order chi connectivity index (χ1) is 9.06. The number of hydrogen-bond acceptors (Lipinski definition) is 7. The van der Waals surface area contributed by atoms with E-state index in [4.69, 9.17) is 5.73 Å². The summed E-state index contributed by atoms with van der Waals surface area (Å²) in [7, 11) is 3.74. The topological polar surface area (TPSA) is 80.8 Å². The van der Waals surface area contributed by atoms with Crippen LogP contribution in [0.4, 0.5) is 11.9 Å². The number of hydrogen-bond donors (Lipinski definition) is 1. The van der Waals surface area contributed by atoms with Gasteiger partial charge in [-0.1, -0.05) is 17.8 Å². The van der Waals surface area contributed by atoms with Crippen molar-refractivity contribution in [3.05, 3.63) is 30.2 Å². The second kappa shape index (κ2) is 5.83. The van der Waals surface area contributed by atoms with Gasteiger partial charge in [0.1, 0.15) is 5.82 Å². The average Bonchev–Trinajstić information content (AvgIpc) is 2.39. The molecule has 100 valence electrons. The van der Waals surface area contributed by atoms with Crippen molar-refractivity contribution in [3.63, 3.8) is 0 Å². The smallest absolute Gasteiger partial charge is 0.229 e. The van der Waals surface area contributed by atoms with E-state index in [0.717, 1.165) is 5.03 Å². The molecule has 2 aromatic heterocycles. The Labute approximate surface area is 116 Å². The van der Waals surface area contributed by atoms with Crippen LogP contribution in [-0.4, -0.2) is 34.0 Å². The van der Waals surface area contributed by atoms with E-state index >= 15 is 0 Å². The Kier molecular flexibility index (Phi) is 4.16. The zero-order chi connectivity index (χ0) is 13.8. The number of nitrogens with zero attached hydrogens (tertiary/aromatic N) is 5. The van der Waals surface area contributed by atoms with Crippen LogP contribution in [0, 0.1) is 0 Å². The van der Waals surface area contributed by atoms with E-state index in [1.807, 2.05) is 39.2 Å². The predicted molar refractivity (Wildman–Crippen MR) is 77.1 cm³/mol. The van der Waals surface area contributed by atoms with Crippen molar-refractivity contribution in [1.29, 1.82) is 0 Å². The molecule has 7 heteroatoms. The van der Waals surface area contributed by atoms with Gasteiger partial charge in [0.25, 0.3) is 0 Å². The third-order valence-corrected chi connectivity index (χ3v) is 3.40. The third-order valence-electron chi connectivity index (χ3n) is 2.36. The summed E-state index contributed by atoms with van der Waals surface area (Å²) in [5.74, 6) is 1.46. The zero-order valence-corrected chi connectivity index (χ0v) is 11.9. The van der Waals surface area contributed by atoms with Gasteiger partial charge < -0.3 is 10.6 Å². The van der Waals surface area contributed by atoms with Crippen LogP contribution >= 0.6 is 11.8 Å². The maximum atomic E-state index is 5.71. The van der Waals surface area contributed by atoms with Gasteiger partial charge in [-0.3, -0.25) is 0 Å². The molecule has 1 atom stereocenters. The van der Waals surface area contributed by atoms with Crippen molar-refractivity contribution in [3.8, 4) is 0 Å². The summed E-state index contributed by atoms with van der Waals surface area (Å²) in [5.41, 5.74) is 5.71. The van der Waals surface area contributed by atoms with Crippen molar-refractivity contribution in [1.82, 2.24) is 19.9 Å². The lowest BCUT2D eigenvalue weighted by Gasteiger charge is -2.14. The molecular weight excluding hydrogens is 260 g/mol. The quantitative estimate of drug-likeness (QED) is 0.852. The number of nitrogen functional groups attached to an aromatic ring is 1. The van der Waals surface area contributed by atoms with Gasteiger partial charge in [0.15, 0.2) is 0 Å². The van der Waals surface area contributed by atoms with E-state index in [0.29, 0.717) is 11.8 Å². The fourth-order valence-electron chi connectivity index (χ4n) is 1.43. The maximum Gasteiger partial charge on any atom is 0.229 e. The molecule has 2 heterocycles. The van der Waals surface area contributed by atoms with Crippen molar-refractivity contribution in [2.75, 3.05) is 24.7 Å². The first kappa shape index (κ1) is 13.5. The molecule has 0 fully saturated rings. The molecule has 0 spiro atoms. The molecule has 0 radical (unpaired) electrons. The number of anilines is 2. The molecular formula is C12H16N6S. The molecule has 19 heavy (non-hydrogen) atoms. The molecule has 2 rings (SSSR count). The highest BCUT2D eigenvalue weighted by atomic mass is 32.2. The number of thioether (sulfide) groups is 1. The largest absolute Gasteiger partial charge is 0.368 e. The summed E-state index contributed by atoms with van der Waals surface area (Å²) in [6, 6.07) is 5.80. The lowest BCUT2D eigenvalue weighted by Crippen LogP contribution is -2.16. The maximum absolute atomic E-state index is 5.71. The first-order valence-electron chi connectivity index (χ1n) is 5.82. The second-order valence-electron chi connectivity index (χ2n) is 4.17. The van der Waals surface area contributed by atoms with Gasteiger partial charge in [-0.2, -0.15) is 15.0 Å². The minimum atomic E-state index is 0.0545. The fraction of sp³-hybridized carbons (Fsp3) is 0.333. The normalized spacial score (nSPS) is 12.2. The highest BCUT2D eigenvalue weighted by Crippen LogP contribution is 2.31. The molecule has 6 nitrogen and oxygen atoms in total. The van der Waals surface area contributed by atoms with E-state index in [1.165, 1.54) is 0 Å². The van der Waals surface area contributed by atoms with Crippen LogP contribution < -0.4 is 10.6 Å². The van der Waals surface area contributed by atoms with Gasteiger partial charge in [0.2, 0.25) is 11.9 Å². The summed E-state index contributed by atoms with van der Waals surface area (Å²) in [6.07, 6.45) is 1.77. The molecule has 2 N–H and O–H groups in total. The summed E-state index contributed by atoms with van der Waals surface area (Å²) in [4.78, 5) is 18.8. The van der Waals surface area contributed by atoms with Crippen LogP contribution in [0.25, 0.3) is 0 Å². The number of pyridine rings is 1. The summed E-state index contributed by atoms with van der Waals surface area (Å²) < 4.78 is 0. The van der Waals surface area contributed by atoms with E-state index in [2.05, 4.69) is 19.9 Å². The second-order valence-corrected chi connectivity index (χ2v) is 5.54. The first-order valence-corrected chi connectivity index (χ1v) is 6.70. The summed E-state index contributed by atoms with van der Waals surface area (Å²) >= 11 is 1.59. The summed E-state index contributed by atoms with van der Waals surface area (Å²) in [5, 5.41) is 0.985. The monoisotopic (exact) mass is 276 g/mol. The van der Waals surface area contributed by atoms with Gasteiger partial charge in [0.05, 0.1) is 10.3 Å².